The van der Waals surface area contributed by atoms with Gasteiger partial charge in [0.25, 0.3) is 5.56 Å². The number of phosphoric ester groups is 1. The first-order chi connectivity index (χ1) is 11.7. The van der Waals surface area contributed by atoms with Gasteiger partial charge < -0.3 is 39.4 Å². The van der Waals surface area contributed by atoms with Crippen LogP contribution in [-0.2, 0) is 18.4 Å². The minimum absolute atomic E-state index is 0.590. The highest BCUT2D eigenvalue weighted by molar-refractivity contribution is 7.46. The third-order valence-electron chi connectivity index (χ3n) is 2.72. The van der Waals surface area contributed by atoms with E-state index >= 15 is 0 Å². The molecular formula is C8H15N3O13P2. The van der Waals surface area contributed by atoms with Crippen molar-refractivity contribution in [3.05, 3.63) is 27.0 Å². The second kappa shape index (κ2) is 8.60. The van der Waals surface area contributed by atoms with Crippen molar-refractivity contribution in [2.24, 2.45) is 0 Å². The van der Waals surface area contributed by atoms with Crippen LogP contribution >= 0.6 is 15.6 Å². The van der Waals surface area contributed by atoms with Gasteiger partial charge in [0.2, 0.25) is 0 Å². The molecule has 0 amide bonds. The van der Waals surface area contributed by atoms with E-state index in [1.54, 1.807) is 0 Å². The molecule has 2 heterocycles. The Balaban J connectivity index is 0.000000597. The van der Waals surface area contributed by atoms with Crippen molar-refractivity contribution in [1.29, 1.82) is 0 Å². The molecule has 1 saturated heterocycles. The highest BCUT2D eigenvalue weighted by Crippen LogP contribution is 2.38. The molecule has 0 spiro atoms. The van der Waals surface area contributed by atoms with Crippen LogP contribution in [0.4, 0.5) is 0 Å². The lowest BCUT2D eigenvalue weighted by Gasteiger charge is -2.15. The summed E-state index contributed by atoms with van der Waals surface area (Å²) in [6.45, 7) is -0.711. The number of hydrogen-bond acceptors (Lipinski definition) is 9. The molecule has 4 unspecified atom stereocenters. The van der Waals surface area contributed by atoms with Crippen LogP contribution in [0, 0.1) is 0 Å². The van der Waals surface area contributed by atoms with Gasteiger partial charge in [-0.3, -0.25) is 14.3 Å². The number of aliphatic hydroxyl groups excluding tert-OH is 2. The topological polar surface area (TPSA) is 262 Å². The number of nitrogens with zero attached hydrogens (tertiary/aromatic N) is 2. The molecule has 0 aliphatic carbocycles. The summed E-state index contributed by atoms with van der Waals surface area (Å²) in [6, 6.07) is 0. The molecule has 0 aromatic carbocycles. The maximum Gasteiger partial charge on any atom is 0.469 e. The quantitative estimate of drug-likeness (QED) is 0.213. The molecular weight excluding hydrogens is 408 g/mol. The Morgan fingerprint density at radius 3 is 2.15 bits per heavy atom. The van der Waals surface area contributed by atoms with E-state index in [1.807, 2.05) is 4.98 Å². The van der Waals surface area contributed by atoms with Crippen LogP contribution in [0.15, 0.2) is 15.8 Å². The zero-order chi connectivity index (χ0) is 20.3. The van der Waals surface area contributed by atoms with E-state index in [0.717, 1.165) is 6.20 Å². The summed E-state index contributed by atoms with van der Waals surface area (Å²) in [5.74, 6) is 0. The molecule has 18 heteroatoms. The predicted octanol–water partition coefficient (Wildman–Crippen LogP) is -4.27. The summed E-state index contributed by atoms with van der Waals surface area (Å²) < 4.78 is 29.3. The Morgan fingerprint density at radius 1 is 1.15 bits per heavy atom. The van der Waals surface area contributed by atoms with Crippen LogP contribution in [0.5, 0.6) is 0 Å². The normalized spacial score (nSPS) is 26.3. The largest absolute Gasteiger partial charge is 0.469 e. The van der Waals surface area contributed by atoms with Crippen LogP contribution < -0.4 is 11.2 Å². The molecule has 1 aromatic rings. The second-order valence-electron chi connectivity index (χ2n) is 4.73. The number of aromatic amines is 1. The zero-order valence-corrected chi connectivity index (χ0v) is 14.3. The molecule has 16 nitrogen and oxygen atoms in total. The molecule has 150 valence electrons. The number of ether oxygens (including phenoxy) is 1. The molecule has 2 rings (SSSR count). The number of hydrogen-bond donors (Lipinski definition) is 8. The number of phosphoric acid groups is 2. The second-order valence-corrected chi connectivity index (χ2v) is 7.00. The Labute approximate surface area is 142 Å². The van der Waals surface area contributed by atoms with E-state index in [9.17, 15) is 24.4 Å². The molecule has 26 heavy (non-hydrogen) atoms. The SMILES string of the molecule is O=P(O)(O)O.O=c1cnn(C2OC(COP(=O)(O)O)C(O)C2O)c(=O)[nH]1. The van der Waals surface area contributed by atoms with Gasteiger partial charge in [0.05, 0.1) is 6.61 Å². The van der Waals surface area contributed by atoms with Crippen molar-refractivity contribution in [3.63, 3.8) is 0 Å². The zero-order valence-electron chi connectivity index (χ0n) is 12.5. The van der Waals surface area contributed by atoms with E-state index in [4.69, 9.17) is 33.8 Å². The molecule has 1 aliphatic rings. The Morgan fingerprint density at radius 2 is 1.69 bits per heavy atom. The first-order valence-electron chi connectivity index (χ1n) is 6.37. The average Bonchev–Trinajstić information content (AvgIpc) is 2.71. The van der Waals surface area contributed by atoms with Gasteiger partial charge in [0.1, 0.15) is 24.5 Å². The van der Waals surface area contributed by atoms with Gasteiger partial charge in [0.15, 0.2) is 6.23 Å². The first kappa shape index (κ1) is 22.8. The number of aromatic nitrogens is 3. The van der Waals surface area contributed by atoms with Gasteiger partial charge in [-0.2, -0.15) is 9.78 Å². The molecule has 1 fully saturated rings. The van der Waals surface area contributed by atoms with Crippen molar-refractivity contribution in [3.8, 4) is 0 Å². The highest BCUT2D eigenvalue weighted by Gasteiger charge is 2.45. The van der Waals surface area contributed by atoms with Gasteiger partial charge in [-0.1, -0.05) is 0 Å². The standard InChI is InChI=1S/C8H12N3O9P.H3O4P/c12-4-1-9-11(8(15)10-4)7-6(14)5(13)3(20-7)2-19-21(16,17)18;1-5(2,3)4/h1,3,5-7,13-14H,2H2,(H,10,12,15)(H2,16,17,18);(H3,1,2,3,4). The van der Waals surface area contributed by atoms with Gasteiger partial charge >= 0.3 is 21.3 Å². The maximum absolute atomic E-state index is 11.5. The van der Waals surface area contributed by atoms with Gasteiger partial charge in [-0.25, -0.2) is 13.9 Å². The van der Waals surface area contributed by atoms with Crippen LogP contribution in [0.1, 0.15) is 6.23 Å². The van der Waals surface area contributed by atoms with Crippen LogP contribution in [-0.4, -0.2) is 74.4 Å². The van der Waals surface area contributed by atoms with Crippen molar-refractivity contribution in [2.45, 2.75) is 24.5 Å². The van der Waals surface area contributed by atoms with Crippen molar-refractivity contribution in [2.75, 3.05) is 6.61 Å². The summed E-state index contributed by atoms with van der Waals surface area (Å²) in [7, 11) is -9.42. The smallest absolute Gasteiger partial charge is 0.387 e. The maximum atomic E-state index is 11.5. The number of aliphatic hydroxyl groups is 2. The summed E-state index contributed by atoms with van der Waals surface area (Å²) >= 11 is 0. The minimum Gasteiger partial charge on any atom is -0.387 e. The lowest BCUT2D eigenvalue weighted by Crippen LogP contribution is -2.39. The van der Waals surface area contributed by atoms with Crippen molar-refractivity contribution < 1.29 is 53.1 Å². The fourth-order valence-corrected chi connectivity index (χ4v) is 2.12. The van der Waals surface area contributed by atoms with E-state index in [-0.39, 0.29) is 0 Å². The van der Waals surface area contributed by atoms with Gasteiger partial charge in [0, 0.05) is 0 Å². The van der Waals surface area contributed by atoms with E-state index < -0.39 is 58.0 Å². The van der Waals surface area contributed by atoms with Crippen molar-refractivity contribution in [1.82, 2.24) is 14.8 Å². The van der Waals surface area contributed by atoms with E-state index in [0.29, 0.717) is 4.68 Å². The molecule has 0 bridgehead atoms. The minimum atomic E-state index is -4.78. The predicted molar refractivity (Wildman–Crippen MR) is 77.3 cm³/mol. The molecule has 1 aromatic heterocycles. The average molecular weight is 423 g/mol. The third kappa shape index (κ3) is 7.53. The third-order valence-corrected chi connectivity index (χ3v) is 3.21. The molecule has 0 radical (unpaired) electrons. The number of rotatable bonds is 4. The Kier molecular flexibility index (Phi) is 7.52. The van der Waals surface area contributed by atoms with E-state index in [2.05, 4.69) is 9.62 Å². The number of H-pyrrole nitrogens is 1. The first-order valence-corrected chi connectivity index (χ1v) is 9.46. The monoisotopic (exact) mass is 423 g/mol. The molecule has 4 atom stereocenters. The molecule has 1 aliphatic heterocycles. The highest BCUT2D eigenvalue weighted by atomic mass is 31.2. The lowest BCUT2D eigenvalue weighted by atomic mass is 10.1. The van der Waals surface area contributed by atoms with Crippen LogP contribution in [0.2, 0.25) is 0 Å². The van der Waals surface area contributed by atoms with Gasteiger partial charge in [-0.15, -0.1) is 0 Å². The fraction of sp³-hybridized carbons (Fsp3) is 0.625. The summed E-state index contributed by atoms with van der Waals surface area (Å²) in [5, 5.41) is 23.0. The van der Waals surface area contributed by atoms with Crippen molar-refractivity contribution >= 4 is 15.6 Å². The molecule has 0 saturated carbocycles. The summed E-state index contributed by atoms with van der Waals surface area (Å²) in [5.41, 5.74) is -1.74. The van der Waals surface area contributed by atoms with Gasteiger partial charge in [-0.05, 0) is 0 Å². The van der Waals surface area contributed by atoms with Crippen LogP contribution in [0.25, 0.3) is 0 Å². The summed E-state index contributed by atoms with van der Waals surface area (Å²) in [6.07, 6.45) is -5.13. The van der Waals surface area contributed by atoms with Crippen LogP contribution in [0.3, 0.4) is 0 Å². The fourth-order valence-electron chi connectivity index (χ4n) is 1.78. The lowest BCUT2D eigenvalue weighted by molar-refractivity contribution is -0.0610. The Bertz CT molecular complexity index is 802. The number of nitrogens with one attached hydrogen (secondary N) is 1. The Hall–Kier alpha value is -1.29. The summed E-state index contributed by atoms with van der Waals surface area (Å²) in [4.78, 5) is 63.0. The molecule has 8 N–H and O–H groups in total. The van der Waals surface area contributed by atoms with E-state index in [1.165, 1.54) is 0 Å².